The van der Waals surface area contributed by atoms with E-state index in [0.717, 1.165) is 25.9 Å². The number of ketones is 1. The smallest absolute Gasteiger partial charge is 0.129 e. The van der Waals surface area contributed by atoms with Crippen LogP contribution in [-0.2, 0) is 11.2 Å². The van der Waals surface area contributed by atoms with Gasteiger partial charge in [-0.25, -0.2) is 0 Å². The Morgan fingerprint density at radius 3 is 2.60 bits per heavy atom. The summed E-state index contributed by atoms with van der Waals surface area (Å²) >= 11 is 0. The second-order valence-corrected chi connectivity index (χ2v) is 3.79. The molecule has 1 aromatic carbocycles. The molecular weight excluding hydrogens is 186 g/mol. The Labute approximate surface area is 91.7 Å². The van der Waals surface area contributed by atoms with Gasteiger partial charge >= 0.3 is 0 Å². The molecule has 0 bridgehead atoms. The largest absolute Gasteiger partial charge is 0.316 e. The van der Waals surface area contributed by atoms with E-state index in [2.05, 4.69) is 29.6 Å². The molecule has 0 heterocycles. The first-order valence-corrected chi connectivity index (χ1v) is 5.53. The van der Waals surface area contributed by atoms with E-state index in [1.54, 1.807) is 6.92 Å². The minimum absolute atomic E-state index is 0.278. The molecule has 0 aliphatic rings. The molecule has 0 aliphatic carbocycles. The minimum atomic E-state index is 0.278. The van der Waals surface area contributed by atoms with Gasteiger partial charge in [0, 0.05) is 6.42 Å². The summed E-state index contributed by atoms with van der Waals surface area (Å²) in [5.74, 6) is 0.278. The van der Waals surface area contributed by atoms with Gasteiger partial charge in [0.05, 0.1) is 0 Å². The minimum Gasteiger partial charge on any atom is -0.316 e. The predicted molar refractivity (Wildman–Crippen MR) is 62.9 cm³/mol. The third-order valence-corrected chi connectivity index (χ3v) is 2.32. The number of hydrogen-bond acceptors (Lipinski definition) is 2. The molecule has 0 aromatic heterocycles. The Kier molecular flexibility index (Phi) is 5.71. The molecule has 2 heteroatoms. The number of nitrogens with one attached hydrogen (secondary N) is 1. The van der Waals surface area contributed by atoms with E-state index in [4.69, 9.17) is 0 Å². The van der Waals surface area contributed by atoms with Crippen molar-refractivity contribution < 1.29 is 4.79 Å². The molecule has 0 saturated carbocycles. The third kappa shape index (κ3) is 6.02. The van der Waals surface area contributed by atoms with Gasteiger partial charge in [-0.1, -0.05) is 30.3 Å². The number of rotatable bonds is 7. The van der Waals surface area contributed by atoms with Crippen LogP contribution >= 0.6 is 0 Å². The Morgan fingerprint density at radius 1 is 1.20 bits per heavy atom. The van der Waals surface area contributed by atoms with Gasteiger partial charge in [-0.15, -0.1) is 0 Å². The maximum absolute atomic E-state index is 10.7. The molecule has 0 fully saturated rings. The predicted octanol–water partition coefficient (Wildman–Crippen LogP) is 2.19. The Balaban J connectivity index is 2.00. The highest BCUT2D eigenvalue weighted by Crippen LogP contribution is 1.98. The SMILES string of the molecule is CC(=O)CCCNCCc1ccccc1. The molecule has 0 unspecified atom stereocenters. The highest BCUT2D eigenvalue weighted by molar-refractivity contribution is 5.75. The van der Waals surface area contributed by atoms with E-state index in [9.17, 15) is 4.79 Å². The van der Waals surface area contributed by atoms with Crippen LogP contribution in [0, 0.1) is 0 Å². The number of carbonyl (C=O) groups is 1. The number of hydrogen-bond donors (Lipinski definition) is 1. The van der Waals surface area contributed by atoms with Gasteiger partial charge in [0.1, 0.15) is 5.78 Å². The highest BCUT2D eigenvalue weighted by Gasteiger charge is 1.94. The number of carbonyl (C=O) groups excluding carboxylic acids is 1. The Bertz CT molecular complexity index is 282. The van der Waals surface area contributed by atoms with Crippen LogP contribution in [0.1, 0.15) is 25.3 Å². The van der Waals surface area contributed by atoms with Crippen molar-refractivity contribution >= 4 is 5.78 Å². The van der Waals surface area contributed by atoms with Crippen molar-refractivity contribution in [3.05, 3.63) is 35.9 Å². The highest BCUT2D eigenvalue weighted by atomic mass is 16.1. The van der Waals surface area contributed by atoms with Crippen molar-refractivity contribution in [2.75, 3.05) is 13.1 Å². The summed E-state index contributed by atoms with van der Waals surface area (Å²) in [4.78, 5) is 10.7. The standard InChI is InChI=1S/C13H19NO/c1-12(15)6-5-10-14-11-9-13-7-3-2-4-8-13/h2-4,7-8,14H,5-6,9-11H2,1H3. The molecule has 0 atom stereocenters. The van der Waals surface area contributed by atoms with E-state index in [1.165, 1.54) is 5.56 Å². The fourth-order valence-electron chi connectivity index (χ4n) is 1.46. The average Bonchev–Trinajstić information content (AvgIpc) is 2.24. The molecule has 2 nitrogen and oxygen atoms in total. The second kappa shape index (κ2) is 7.18. The van der Waals surface area contributed by atoms with Gasteiger partial charge in [-0.3, -0.25) is 0 Å². The van der Waals surface area contributed by atoms with Crippen LogP contribution < -0.4 is 5.32 Å². The topological polar surface area (TPSA) is 29.1 Å². The van der Waals surface area contributed by atoms with Crippen molar-refractivity contribution in [3.8, 4) is 0 Å². The maximum atomic E-state index is 10.7. The van der Waals surface area contributed by atoms with Gasteiger partial charge in [-0.2, -0.15) is 0 Å². The maximum Gasteiger partial charge on any atom is 0.129 e. The van der Waals surface area contributed by atoms with Gasteiger partial charge in [0.2, 0.25) is 0 Å². The summed E-state index contributed by atoms with van der Waals surface area (Å²) in [5, 5.41) is 3.34. The summed E-state index contributed by atoms with van der Waals surface area (Å²) in [6, 6.07) is 10.4. The van der Waals surface area contributed by atoms with Crippen LogP contribution in [-0.4, -0.2) is 18.9 Å². The molecule has 0 amide bonds. The lowest BCUT2D eigenvalue weighted by molar-refractivity contribution is -0.117. The van der Waals surface area contributed by atoms with Crippen LogP contribution in [0.4, 0.5) is 0 Å². The van der Waals surface area contributed by atoms with E-state index in [-0.39, 0.29) is 5.78 Å². The lowest BCUT2D eigenvalue weighted by Gasteiger charge is -2.03. The van der Waals surface area contributed by atoms with Crippen molar-refractivity contribution in [3.63, 3.8) is 0 Å². The summed E-state index contributed by atoms with van der Waals surface area (Å²) in [6.07, 6.45) is 2.70. The van der Waals surface area contributed by atoms with Crippen molar-refractivity contribution in [1.29, 1.82) is 0 Å². The fraction of sp³-hybridized carbons (Fsp3) is 0.462. The van der Waals surface area contributed by atoms with Crippen molar-refractivity contribution in [2.24, 2.45) is 0 Å². The Hall–Kier alpha value is -1.15. The molecule has 1 N–H and O–H groups in total. The molecule has 0 spiro atoms. The van der Waals surface area contributed by atoms with Crippen LogP contribution in [0.2, 0.25) is 0 Å². The summed E-state index contributed by atoms with van der Waals surface area (Å²) < 4.78 is 0. The first-order valence-electron chi connectivity index (χ1n) is 5.53. The molecule has 15 heavy (non-hydrogen) atoms. The number of Topliss-reactive ketones (excluding diaryl/α,β-unsaturated/α-hetero) is 1. The lowest BCUT2D eigenvalue weighted by Crippen LogP contribution is -2.18. The first-order chi connectivity index (χ1) is 7.29. The van der Waals surface area contributed by atoms with Crippen LogP contribution in [0.5, 0.6) is 0 Å². The lowest BCUT2D eigenvalue weighted by atomic mass is 10.1. The normalized spacial score (nSPS) is 10.2. The molecule has 82 valence electrons. The Morgan fingerprint density at radius 2 is 1.93 bits per heavy atom. The van der Waals surface area contributed by atoms with Crippen molar-refractivity contribution in [1.82, 2.24) is 5.32 Å². The fourth-order valence-corrected chi connectivity index (χ4v) is 1.46. The quantitative estimate of drug-likeness (QED) is 0.691. The van der Waals surface area contributed by atoms with Gasteiger partial charge in [0.15, 0.2) is 0 Å². The van der Waals surface area contributed by atoms with Crippen LogP contribution in [0.25, 0.3) is 0 Å². The van der Waals surface area contributed by atoms with E-state index in [1.807, 2.05) is 6.07 Å². The summed E-state index contributed by atoms with van der Waals surface area (Å²) in [6.45, 7) is 3.57. The molecule has 0 radical (unpaired) electrons. The first kappa shape index (κ1) is 11.9. The second-order valence-electron chi connectivity index (χ2n) is 3.79. The zero-order valence-electron chi connectivity index (χ0n) is 9.33. The van der Waals surface area contributed by atoms with E-state index >= 15 is 0 Å². The van der Waals surface area contributed by atoms with E-state index in [0.29, 0.717) is 6.42 Å². The third-order valence-electron chi connectivity index (χ3n) is 2.32. The van der Waals surface area contributed by atoms with Gasteiger partial charge < -0.3 is 10.1 Å². The van der Waals surface area contributed by atoms with Crippen LogP contribution in [0.3, 0.4) is 0 Å². The molecular formula is C13H19NO. The molecule has 1 aromatic rings. The molecule has 1 rings (SSSR count). The zero-order valence-corrected chi connectivity index (χ0v) is 9.33. The van der Waals surface area contributed by atoms with Crippen LogP contribution in [0.15, 0.2) is 30.3 Å². The summed E-state index contributed by atoms with van der Waals surface area (Å²) in [5.41, 5.74) is 1.36. The molecule has 0 saturated heterocycles. The monoisotopic (exact) mass is 205 g/mol. The van der Waals surface area contributed by atoms with E-state index < -0.39 is 0 Å². The number of benzene rings is 1. The van der Waals surface area contributed by atoms with Gasteiger partial charge in [-0.05, 0) is 38.4 Å². The summed E-state index contributed by atoms with van der Waals surface area (Å²) in [7, 11) is 0. The molecule has 0 aliphatic heterocycles. The van der Waals surface area contributed by atoms with Crippen molar-refractivity contribution in [2.45, 2.75) is 26.2 Å². The average molecular weight is 205 g/mol. The van der Waals surface area contributed by atoms with Gasteiger partial charge in [0.25, 0.3) is 0 Å². The zero-order chi connectivity index (χ0) is 10.9.